The summed E-state index contributed by atoms with van der Waals surface area (Å²) in [6.07, 6.45) is 0. The molecule has 0 radical (unpaired) electrons. The third kappa shape index (κ3) is 3.54. The first-order chi connectivity index (χ1) is 10.5. The van der Waals surface area contributed by atoms with Crippen molar-refractivity contribution in [3.8, 4) is 0 Å². The van der Waals surface area contributed by atoms with Crippen LogP contribution >= 0.6 is 22.7 Å². The lowest BCUT2D eigenvalue weighted by atomic mass is 10.3. The maximum absolute atomic E-state index is 12.7. The van der Waals surface area contributed by atoms with Gasteiger partial charge in [-0.3, -0.25) is 9.59 Å². The van der Waals surface area contributed by atoms with Crippen LogP contribution in [0.15, 0.2) is 39.2 Å². The maximum atomic E-state index is 12.7. The molecule has 0 spiro atoms. The van der Waals surface area contributed by atoms with Gasteiger partial charge in [-0.2, -0.15) is 0 Å². The van der Waals surface area contributed by atoms with Crippen molar-refractivity contribution in [3.63, 3.8) is 0 Å². The second-order valence-electron chi connectivity index (χ2n) is 4.27. The fraction of sp³-hybridized carbons (Fsp3) is 0.231. The SMILES string of the molecule is CNC(=O)C(=O)NC[C@@H](c1cccs1)S(=O)(=O)c1cccs1. The predicted molar refractivity (Wildman–Crippen MR) is 85.6 cm³/mol. The fourth-order valence-corrected chi connectivity index (χ4v) is 5.77. The third-order valence-electron chi connectivity index (χ3n) is 2.89. The number of likely N-dealkylation sites (N-methyl/N-ethyl adjacent to an activating group) is 1. The fourth-order valence-electron chi connectivity index (χ4n) is 1.78. The molecule has 0 aliphatic heterocycles. The van der Waals surface area contributed by atoms with Crippen LogP contribution < -0.4 is 10.6 Å². The van der Waals surface area contributed by atoms with E-state index >= 15 is 0 Å². The zero-order chi connectivity index (χ0) is 16.2. The van der Waals surface area contributed by atoms with Crippen molar-refractivity contribution in [3.05, 3.63) is 39.9 Å². The molecule has 2 amide bonds. The lowest BCUT2D eigenvalue weighted by Crippen LogP contribution is -2.40. The zero-order valence-electron chi connectivity index (χ0n) is 11.6. The minimum Gasteiger partial charge on any atom is -0.351 e. The van der Waals surface area contributed by atoms with Crippen LogP contribution in [0.3, 0.4) is 0 Å². The van der Waals surface area contributed by atoms with E-state index in [1.54, 1.807) is 29.0 Å². The van der Waals surface area contributed by atoms with E-state index in [1.165, 1.54) is 24.5 Å². The van der Waals surface area contributed by atoms with Crippen LogP contribution in [-0.4, -0.2) is 33.8 Å². The average molecular weight is 358 g/mol. The summed E-state index contributed by atoms with van der Waals surface area (Å²) in [5, 5.41) is 7.10. The highest BCUT2D eigenvalue weighted by Crippen LogP contribution is 2.33. The molecule has 0 saturated carbocycles. The highest BCUT2D eigenvalue weighted by Gasteiger charge is 2.31. The molecule has 9 heteroatoms. The monoisotopic (exact) mass is 358 g/mol. The molecule has 2 aromatic heterocycles. The van der Waals surface area contributed by atoms with Crippen LogP contribution in [-0.2, 0) is 19.4 Å². The van der Waals surface area contributed by atoms with Gasteiger partial charge in [-0.1, -0.05) is 12.1 Å². The Hall–Kier alpha value is -1.71. The second kappa shape index (κ2) is 7.03. The molecular formula is C13H14N2O4S3. The lowest BCUT2D eigenvalue weighted by Gasteiger charge is -2.16. The lowest BCUT2D eigenvalue weighted by molar-refractivity contribution is -0.138. The predicted octanol–water partition coefficient (Wildman–Crippen LogP) is 1.19. The topological polar surface area (TPSA) is 92.3 Å². The first-order valence-corrected chi connectivity index (χ1v) is 9.58. The van der Waals surface area contributed by atoms with Gasteiger partial charge in [0.15, 0.2) is 9.84 Å². The number of hydrogen-bond donors (Lipinski definition) is 2. The van der Waals surface area contributed by atoms with Crippen LogP contribution in [0.5, 0.6) is 0 Å². The Morgan fingerprint density at radius 1 is 1.14 bits per heavy atom. The number of carbonyl (C=O) groups excluding carboxylic acids is 2. The molecule has 22 heavy (non-hydrogen) atoms. The molecule has 0 unspecified atom stereocenters. The highest BCUT2D eigenvalue weighted by atomic mass is 32.2. The average Bonchev–Trinajstić information content (AvgIpc) is 3.19. The Balaban J connectivity index is 2.26. The Bertz CT molecular complexity index is 736. The van der Waals surface area contributed by atoms with Gasteiger partial charge >= 0.3 is 11.8 Å². The van der Waals surface area contributed by atoms with Crippen molar-refractivity contribution in [2.45, 2.75) is 9.46 Å². The molecular weight excluding hydrogens is 344 g/mol. The number of rotatable bonds is 5. The summed E-state index contributed by atoms with van der Waals surface area (Å²) in [6.45, 7) is -0.160. The van der Waals surface area contributed by atoms with Gasteiger partial charge in [-0.25, -0.2) is 8.42 Å². The van der Waals surface area contributed by atoms with Gasteiger partial charge < -0.3 is 10.6 Å². The minimum atomic E-state index is -3.63. The van der Waals surface area contributed by atoms with Gasteiger partial charge in [0.1, 0.15) is 9.46 Å². The smallest absolute Gasteiger partial charge is 0.309 e. The number of amides is 2. The van der Waals surface area contributed by atoms with E-state index in [0.717, 1.165) is 11.3 Å². The van der Waals surface area contributed by atoms with Crippen LogP contribution in [0.25, 0.3) is 0 Å². The molecule has 0 saturated heterocycles. The molecule has 2 heterocycles. The molecule has 0 aliphatic carbocycles. The number of hydrogen-bond acceptors (Lipinski definition) is 6. The van der Waals surface area contributed by atoms with Crippen LogP contribution in [0.4, 0.5) is 0 Å². The number of thiophene rings is 2. The molecule has 6 nitrogen and oxygen atoms in total. The Kier molecular flexibility index (Phi) is 5.33. The van der Waals surface area contributed by atoms with Crippen molar-refractivity contribution in [2.24, 2.45) is 0 Å². The zero-order valence-corrected chi connectivity index (χ0v) is 14.1. The molecule has 2 aromatic rings. The second-order valence-corrected chi connectivity index (χ2v) is 8.55. The number of nitrogens with one attached hydrogen (secondary N) is 2. The van der Waals surface area contributed by atoms with Crippen molar-refractivity contribution in [1.82, 2.24) is 10.6 Å². The van der Waals surface area contributed by atoms with Gasteiger partial charge in [0, 0.05) is 18.5 Å². The summed E-state index contributed by atoms with van der Waals surface area (Å²) in [5.74, 6) is -1.66. The Morgan fingerprint density at radius 3 is 2.36 bits per heavy atom. The quantitative estimate of drug-likeness (QED) is 0.785. The van der Waals surface area contributed by atoms with Gasteiger partial charge in [0.25, 0.3) is 0 Å². The van der Waals surface area contributed by atoms with Gasteiger partial charge in [-0.15, -0.1) is 22.7 Å². The normalized spacial score (nSPS) is 12.6. The number of carbonyl (C=O) groups is 2. The van der Waals surface area contributed by atoms with Crippen molar-refractivity contribution in [1.29, 1.82) is 0 Å². The van der Waals surface area contributed by atoms with Gasteiger partial charge in [-0.05, 0) is 22.9 Å². The summed E-state index contributed by atoms with van der Waals surface area (Å²) >= 11 is 2.42. The Labute approximate surface area is 136 Å². The van der Waals surface area contributed by atoms with Crippen molar-refractivity contribution < 1.29 is 18.0 Å². The van der Waals surface area contributed by atoms with Crippen LogP contribution in [0, 0.1) is 0 Å². The molecule has 1 atom stereocenters. The molecule has 2 N–H and O–H groups in total. The van der Waals surface area contributed by atoms with Crippen LogP contribution in [0.1, 0.15) is 10.1 Å². The molecule has 118 valence electrons. The van der Waals surface area contributed by atoms with E-state index in [0.29, 0.717) is 4.88 Å². The minimum absolute atomic E-state index is 0.160. The third-order valence-corrected chi connectivity index (χ3v) is 7.54. The summed E-state index contributed by atoms with van der Waals surface area (Å²) < 4.78 is 25.7. The summed E-state index contributed by atoms with van der Waals surface area (Å²) in [6, 6.07) is 6.64. The van der Waals surface area contributed by atoms with Crippen molar-refractivity contribution >= 4 is 44.3 Å². The van der Waals surface area contributed by atoms with Gasteiger partial charge in [0.05, 0.1) is 0 Å². The first kappa shape index (κ1) is 16.7. The van der Waals surface area contributed by atoms with E-state index in [1.807, 2.05) is 0 Å². The molecule has 0 aromatic carbocycles. The summed E-state index contributed by atoms with van der Waals surface area (Å²) in [5.41, 5.74) is 0. The highest BCUT2D eigenvalue weighted by molar-refractivity contribution is 7.93. The van der Waals surface area contributed by atoms with E-state index in [4.69, 9.17) is 0 Å². The van der Waals surface area contributed by atoms with Crippen LogP contribution in [0.2, 0.25) is 0 Å². The first-order valence-electron chi connectivity index (χ1n) is 6.27. The standard InChI is InChI=1S/C13H14N2O4S3/c1-14-12(16)13(17)15-8-10(9-4-2-6-20-9)22(18,19)11-5-3-7-21-11/h2-7,10H,8H2,1H3,(H,14,16)(H,15,17)/t10-/m0/s1. The molecule has 2 rings (SSSR count). The van der Waals surface area contributed by atoms with E-state index in [2.05, 4.69) is 10.6 Å². The maximum Gasteiger partial charge on any atom is 0.309 e. The summed E-state index contributed by atoms with van der Waals surface area (Å²) in [7, 11) is -2.29. The van der Waals surface area contributed by atoms with E-state index < -0.39 is 26.9 Å². The summed E-state index contributed by atoms with van der Waals surface area (Å²) in [4.78, 5) is 23.4. The molecule has 0 aliphatic rings. The Morgan fingerprint density at radius 2 is 1.82 bits per heavy atom. The van der Waals surface area contributed by atoms with Gasteiger partial charge in [0.2, 0.25) is 0 Å². The van der Waals surface area contributed by atoms with E-state index in [-0.39, 0.29) is 10.8 Å². The largest absolute Gasteiger partial charge is 0.351 e. The number of sulfone groups is 1. The molecule has 0 bridgehead atoms. The van der Waals surface area contributed by atoms with Crippen molar-refractivity contribution in [2.75, 3.05) is 13.6 Å². The molecule has 0 fully saturated rings. The van der Waals surface area contributed by atoms with E-state index in [9.17, 15) is 18.0 Å².